The van der Waals surface area contributed by atoms with E-state index in [-0.39, 0.29) is 0 Å². The van der Waals surface area contributed by atoms with Gasteiger partial charge in [-0.05, 0) is 6.08 Å². The molecule has 2 aliphatic rings. The molecule has 0 aromatic heterocycles. The van der Waals surface area contributed by atoms with Gasteiger partial charge in [0.1, 0.15) is 0 Å². The van der Waals surface area contributed by atoms with Crippen molar-refractivity contribution in [1.82, 2.24) is 10.2 Å². The molecule has 1 N–H and O–H groups in total. The smallest absolute Gasteiger partial charge is 0.0300 e. The van der Waals surface area contributed by atoms with E-state index in [0.29, 0.717) is 0 Å². The van der Waals surface area contributed by atoms with Gasteiger partial charge in [0, 0.05) is 38.3 Å². The fraction of sp³-hybridized carbons (Fsp3) is 0.455. The van der Waals surface area contributed by atoms with E-state index in [1.54, 1.807) is 0 Å². The maximum atomic E-state index is 3.36. The lowest BCUT2D eigenvalue weighted by atomic mass is 10.2. The highest BCUT2D eigenvalue weighted by atomic mass is 15.2. The van der Waals surface area contributed by atoms with Crippen molar-refractivity contribution < 1.29 is 0 Å². The second kappa shape index (κ2) is 4.28. The normalized spacial score (nSPS) is 22.8. The van der Waals surface area contributed by atoms with Crippen LogP contribution in [0.2, 0.25) is 0 Å². The molecule has 2 rings (SSSR count). The van der Waals surface area contributed by atoms with Crippen LogP contribution in [0.4, 0.5) is 0 Å². The maximum Gasteiger partial charge on any atom is 0.0300 e. The SMILES string of the molecule is C1=CC=C(N2CCNCC2)CC=C1. The molecule has 1 saturated heterocycles. The second-order valence-electron chi connectivity index (χ2n) is 3.41. The quantitative estimate of drug-likeness (QED) is 0.647. The van der Waals surface area contributed by atoms with Gasteiger partial charge in [0.2, 0.25) is 0 Å². The topological polar surface area (TPSA) is 15.3 Å². The third-order valence-corrected chi connectivity index (χ3v) is 2.50. The molecule has 1 fully saturated rings. The van der Waals surface area contributed by atoms with Gasteiger partial charge in [0.25, 0.3) is 0 Å². The molecule has 0 bridgehead atoms. The van der Waals surface area contributed by atoms with Gasteiger partial charge in [-0.1, -0.05) is 24.3 Å². The van der Waals surface area contributed by atoms with E-state index in [2.05, 4.69) is 40.6 Å². The Balaban J connectivity index is 2.01. The summed E-state index contributed by atoms with van der Waals surface area (Å²) in [6.45, 7) is 4.52. The van der Waals surface area contributed by atoms with Crippen LogP contribution in [0.5, 0.6) is 0 Å². The standard InChI is InChI=1S/C11H16N2/c1-2-4-6-11(5-3-1)13-9-7-12-8-10-13/h1-5,12H,6-10H2. The van der Waals surface area contributed by atoms with Crippen molar-refractivity contribution in [2.45, 2.75) is 6.42 Å². The van der Waals surface area contributed by atoms with Crippen LogP contribution in [0.3, 0.4) is 0 Å². The maximum absolute atomic E-state index is 3.36. The summed E-state index contributed by atoms with van der Waals surface area (Å²) in [5.74, 6) is 0. The van der Waals surface area contributed by atoms with E-state index in [4.69, 9.17) is 0 Å². The first kappa shape index (κ1) is 8.57. The molecule has 1 aliphatic carbocycles. The summed E-state index contributed by atoms with van der Waals surface area (Å²) in [7, 11) is 0. The molecule has 0 radical (unpaired) electrons. The molecular formula is C11H16N2. The minimum atomic E-state index is 1.08. The van der Waals surface area contributed by atoms with Gasteiger partial charge in [-0.25, -0.2) is 0 Å². The van der Waals surface area contributed by atoms with E-state index >= 15 is 0 Å². The molecule has 13 heavy (non-hydrogen) atoms. The second-order valence-corrected chi connectivity index (χ2v) is 3.41. The van der Waals surface area contributed by atoms with Gasteiger partial charge in [0.05, 0.1) is 0 Å². The van der Waals surface area contributed by atoms with Crippen LogP contribution in [0.1, 0.15) is 6.42 Å². The average molecular weight is 176 g/mol. The van der Waals surface area contributed by atoms with Gasteiger partial charge in [-0.2, -0.15) is 0 Å². The summed E-state index contributed by atoms with van der Waals surface area (Å²) in [6, 6.07) is 0. The zero-order valence-electron chi connectivity index (χ0n) is 7.87. The first-order chi connectivity index (χ1) is 6.47. The van der Waals surface area contributed by atoms with Crippen molar-refractivity contribution >= 4 is 0 Å². The molecule has 0 aromatic carbocycles. The first-order valence-electron chi connectivity index (χ1n) is 4.95. The molecule has 0 saturated carbocycles. The highest BCUT2D eigenvalue weighted by Crippen LogP contribution is 2.13. The van der Waals surface area contributed by atoms with Crippen molar-refractivity contribution in [2.75, 3.05) is 26.2 Å². The Kier molecular flexibility index (Phi) is 2.82. The predicted molar refractivity (Wildman–Crippen MR) is 55.4 cm³/mol. The van der Waals surface area contributed by atoms with Crippen molar-refractivity contribution in [3.05, 3.63) is 36.1 Å². The number of rotatable bonds is 1. The number of allylic oxidation sites excluding steroid dienone is 5. The molecule has 2 nitrogen and oxygen atoms in total. The molecule has 0 amide bonds. The summed E-state index contributed by atoms with van der Waals surface area (Å²) in [5, 5.41) is 3.36. The fourth-order valence-electron chi connectivity index (χ4n) is 1.75. The number of nitrogens with one attached hydrogen (secondary N) is 1. The zero-order valence-corrected chi connectivity index (χ0v) is 7.87. The molecular weight excluding hydrogens is 160 g/mol. The molecule has 1 heterocycles. The van der Waals surface area contributed by atoms with Gasteiger partial charge in [-0.15, -0.1) is 0 Å². The molecule has 0 aromatic rings. The summed E-state index contributed by atoms with van der Waals surface area (Å²) in [5.41, 5.74) is 1.45. The van der Waals surface area contributed by atoms with Gasteiger partial charge in [0.15, 0.2) is 0 Å². The van der Waals surface area contributed by atoms with Crippen LogP contribution in [-0.4, -0.2) is 31.1 Å². The van der Waals surface area contributed by atoms with Gasteiger partial charge >= 0.3 is 0 Å². The summed E-state index contributed by atoms with van der Waals surface area (Å²) < 4.78 is 0. The lowest BCUT2D eigenvalue weighted by molar-refractivity contribution is 0.295. The number of hydrogen-bond acceptors (Lipinski definition) is 2. The lowest BCUT2D eigenvalue weighted by Crippen LogP contribution is -2.42. The number of nitrogens with zero attached hydrogens (tertiary/aromatic N) is 1. The highest BCUT2D eigenvalue weighted by molar-refractivity contribution is 5.22. The summed E-state index contributed by atoms with van der Waals surface area (Å²) >= 11 is 0. The molecule has 1 aliphatic heterocycles. The Bertz CT molecular complexity index is 245. The third-order valence-electron chi connectivity index (χ3n) is 2.50. The van der Waals surface area contributed by atoms with E-state index in [1.165, 1.54) is 5.70 Å². The highest BCUT2D eigenvalue weighted by Gasteiger charge is 2.11. The Labute approximate surface area is 79.6 Å². The van der Waals surface area contributed by atoms with Gasteiger partial charge in [-0.3, -0.25) is 0 Å². The minimum Gasteiger partial charge on any atom is -0.372 e. The average Bonchev–Trinajstić information content (AvgIpc) is 2.47. The van der Waals surface area contributed by atoms with E-state index in [9.17, 15) is 0 Å². The Morgan fingerprint density at radius 2 is 1.92 bits per heavy atom. The third kappa shape index (κ3) is 2.22. The largest absolute Gasteiger partial charge is 0.372 e. The van der Waals surface area contributed by atoms with Crippen LogP contribution >= 0.6 is 0 Å². The Morgan fingerprint density at radius 3 is 2.77 bits per heavy atom. The van der Waals surface area contributed by atoms with E-state index in [0.717, 1.165) is 32.6 Å². The van der Waals surface area contributed by atoms with Crippen LogP contribution in [-0.2, 0) is 0 Å². The lowest BCUT2D eigenvalue weighted by Gasteiger charge is -2.31. The minimum absolute atomic E-state index is 1.08. The fourth-order valence-corrected chi connectivity index (χ4v) is 1.75. The molecule has 0 unspecified atom stereocenters. The predicted octanol–water partition coefficient (Wildman–Crippen LogP) is 1.29. The Morgan fingerprint density at radius 1 is 1.08 bits per heavy atom. The van der Waals surface area contributed by atoms with Crippen LogP contribution < -0.4 is 5.32 Å². The van der Waals surface area contributed by atoms with Crippen molar-refractivity contribution in [1.29, 1.82) is 0 Å². The molecule has 0 atom stereocenters. The first-order valence-corrected chi connectivity index (χ1v) is 4.95. The van der Waals surface area contributed by atoms with Crippen LogP contribution in [0, 0.1) is 0 Å². The molecule has 0 spiro atoms. The van der Waals surface area contributed by atoms with Crippen LogP contribution in [0.15, 0.2) is 36.1 Å². The van der Waals surface area contributed by atoms with Gasteiger partial charge < -0.3 is 10.2 Å². The Hall–Kier alpha value is -1.02. The van der Waals surface area contributed by atoms with E-state index in [1.807, 2.05) is 0 Å². The van der Waals surface area contributed by atoms with Crippen molar-refractivity contribution in [3.63, 3.8) is 0 Å². The monoisotopic (exact) mass is 176 g/mol. The van der Waals surface area contributed by atoms with Crippen molar-refractivity contribution in [3.8, 4) is 0 Å². The van der Waals surface area contributed by atoms with Crippen molar-refractivity contribution in [2.24, 2.45) is 0 Å². The summed E-state index contributed by atoms with van der Waals surface area (Å²) in [4.78, 5) is 2.47. The van der Waals surface area contributed by atoms with Crippen LogP contribution in [0.25, 0.3) is 0 Å². The zero-order chi connectivity index (χ0) is 8.93. The molecule has 70 valence electrons. The number of hydrogen-bond donors (Lipinski definition) is 1. The van der Waals surface area contributed by atoms with E-state index < -0.39 is 0 Å². The summed E-state index contributed by atoms with van der Waals surface area (Å²) in [6.07, 6.45) is 11.9. The number of piperazine rings is 1. The molecule has 2 heteroatoms.